The smallest absolute Gasteiger partial charge is 0.256 e. The zero-order chi connectivity index (χ0) is 15.2. The summed E-state index contributed by atoms with van der Waals surface area (Å²) in [6.45, 7) is 2.62. The van der Waals surface area contributed by atoms with Gasteiger partial charge >= 0.3 is 0 Å². The molecule has 3 N–H and O–H groups in total. The highest BCUT2D eigenvalue weighted by Gasteiger charge is 2.13. The molecule has 1 aromatic heterocycles. The van der Waals surface area contributed by atoms with E-state index < -0.39 is 0 Å². The highest BCUT2D eigenvalue weighted by atomic mass is 19.1. The van der Waals surface area contributed by atoms with Gasteiger partial charge in [0.05, 0.1) is 5.56 Å². The number of nitrogens with two attached hydrogens (primary N) is 1. The Hall–Kier alpha value is -2.50. The van der Waals surface area contributed by atoms with Crippen LogP contribution in [0.4, 0.5) is 10.2 Å². The summed E-state index contributed by atoms with van der Waals surface area (Å²) in [4.78, 5) is 20.1. The Morgan fingerprint density at radius 1 is 1.43 bits per heavy atom. The number of nitrogens with one attached hydrogen (secondary N) is 1. The number of benzene rings is 1. The molecule has 0 unspecified atom stereocenters. The summed E-state index contributed by atoms with van der Waals surface area (Å²) in [7, 11) is 0. The number of unbranched alkanes of at least 4 members (excludes halogenated alkanes) is 1. The van der Waals surface area contributed by atoms with E-state index in [1.165, 1.54) is 18.3 Å². The molecule has 1 heterocycles. The van der Waals surface area contributed by atoms with Crippen LogP contribution in [-0.2, 0) is 0 Å². The fourth-order valence-corrected chi connectivity index (χ4v) is 1.81. The Bertz CT molecular complexity index is 645. The minimum absolute atomic E-state index is 0.0817. The van der Waals surface area contributed by atoms with Crippen LogP contribution in [-0.4, -0.2) is 22.4 Å². The van der Waals surface area contributed by atoms with Crippen LogP contribution in [0, 0.1) is 5.82 Å². The summed E-state index contributed by atoms with van der Waals surface area (Å²) >= 11 is 0. The lowest BCUT2D eigenvalue weighted by atomic mass is 10.2. The number of rotatable bonds is 5. The second-order valence-corrected chi connectivity index (χ2v) is 4.61. The van der Waals surface area contributed by atoms with Crippen molar-refractivity contribution in [2.45, 2.75) is 19.8 Å². The number of halogens is 1. The largest absolute Gasteiger partial charge is 0.383 e. The number of nitrogen functional groups attached to an aromatic ring is 1. The van der Waals surface area contributed by atoms with Gasteiger partial charge in [-0.15, -0.1) is 0 Å². The van der Waals surface area contributed by atoms with Crippen LogP contribution in [0.15, 0.2) is 30.5 Å². The Labute approximate surface area is 122 Å². The van der Waals surface area contributed by atoms with Gasteiger partial charge in [-0.25, -0.2) is 14.4 Å². The second-order valence-electron chi connectivity index (χ2n) is 4.61. The van der Waals surface area contributed by atoms with Crippen molar-refractivity contribution in [3.05, 3.63) is 41.8 Å². The van der Waals surface area contributed by atoms with Gasteiger partial charge in [-0.05, 0) is 18.6 Å². The summed E-state index contributed by atoms with van der Waals surface area (Å²) in [5, 5.41) is 2.75. The van der Waals surface area contributed by atoms with Gasteiger partial charge in [-0.2, -0.15) is 0 Å². The summed E-state index contributed by atoms with van der Waals surface area (Å²) in [6, 6.07) is 5.90. The van der Waals surface area contributed by atoms with E-state index >= 15 is 0 Å². The average Bonchev–Trinajstić information content (AvgIpc) is 2.47. The van der Waals surface area contributed by atoms with Crippen molar-refractivity contribution < 1.29 is 9.18 Å². The van der Waals surface area contributed by atoms with E-state index in [2.05, 4.69) is 15.3 Å². The SMILES string of the molecule is CCCCNC(=O)c1cnc(-c2cccc(F)c2)nc1N. The molecule has 0 saturated carbocycles. The van der Waals surface area contributed by atoms with E-state index in [1.54, 1.807) is 12.1 Å². The molecule has 0 bridgehead atoms. The van der Waals surface area contributed by atoms with Gasteiger partial charge in [0.2, 0.25) is 0 Å². The zero-order valence-corrected chi connectivity index (χ0v) is 11.8. The monoisotopic (exact) mass is 288 g/mol. The predicted octanol–water partition coefficient (Wildman–Crippen LogP) is 2.39. The molecule has 0 aliphatic rings. The van der Waals surface area contributed by atoms with Crippen molar-refractivity contribution in [2.24, 2.45) is 0 Å². The van der Waals surface area contributed by atoms with Crippen molar-refractivity contribution in [3.8, 4) is 11.4 Å². The minimum atomic E-state index is -0.379. The van der Waals surface area contributed by atoms with Crippen LogP contribution in [0.1, 0.15) is 30.1 Å². The third-order valence-electron chi connectivity index (χ3n) is 2.96. The van der Waals surface area contributed by atoms with Crippen LogP contribution in [0.2, 0.25) is 0 Å². The molecule has 0 saturated heterocycles. The van der Waals surface area contributed by atoms with Crippen LogP contribution in [0.3, 0.4) is 0 Å². The molecule has 1 amide bonds. The zero-order valence-electron chi connectivity index (χ0n) is 11.8. The number of hydrogen-bond donors (Lipinski definition) is 2. The lowest BCUT2D eigenvalue weighted by Gasteiger charge is -2.07. The number of carbonyl (C=O) groups excluding carboxylic acids is 1. The Morgan fingerprint density at radius 3 is 2.90 bits per heavy atom. The summed E-state index contributed by atoms with van der Waals surface area (Å²) in [5.74, 6) is -0.307. The van der Waals surface area contributed by atoms with Gasteiger partial charge in [0, 0.05) is 18.3 Å². The van der Waals surface area contributed by atoms with E-state index in [4.69, 9.17) is 5.73 Å². The van der Waals surface area contributed by atoms with Gasteiger partial charge in [0.15, 0.2) is 5.82 Å². The fraction of sp³-hybridized carbons (Fsp3) is 0.267. The molecular weight excluding hydrogens is 271 g/mol. The first kappa shape index (κ1) is 14.9. The summed E-state index contributed by atoms with van der Waals surface area (Å²) in [5.41, 5.74) is 6.54. The van der Waals surface area contributed by atoms with Crippen molar-refractivity contribution in [3.63, 3.8) is 0 Å². The predicted molar refractivity (Wildman–Crippen MR) is 79.1 cm³/mol. The number of nitrogens with zero attached hydrogens (tertiary/aromatic N) is 2. The highest BCUT2D eigenvalue weighted by Crippen LogP contribution is 2.18. The van der Waals surface area contributed by atoms with E-state index in [-0.39, 0.29) is 28.9 Å². The lowest BCUT2D eigenvalue weighted by Crippen LogP contribution is -2.25. The van der Waals surface area contributed by atoms with E-state index in [0.717, 1.165) is 12.8 Å². The number of amides is 1. The fourth-order valence-electron chi connectivity index (χ4n) is 1.81. The molecule has 21 heavy (non-hydrogen) atoms. The molecule has 0 aliphatic carbocycles. The van der Waals surface area contributed by atoms with Crippen molar-refractivity contribution in [2.75, 3.05) is 12.3 Å². The first-order valence-corrected chi connectivity index (χ1v) is 6.78. The molecule has 0 atom stereocenters. The molecule has 1 aromatic carbocycles. The molecule has 5 nitrogen and oxygen atoms in total. The second kappa shape index (κ2) is 6.78. The number of aromatic nitrogens is 2. The quantitative estimate of drug-likeness (QED) is 0.828. The normalized spacial score (nSPS) is 10.4. The Balaban J connectivity index is 2.19. The van der Waals surface area contributed by atoms with Gasteiger partial charge in [0.1, 0.15) is 11.6 Å². The lowest BCUT2D eigenvalue weighted by molar-refractivity contribution is 0.0953. The molecule has 0 spiro atoms. The van der Waals surface area contributed by atoms with Crippen LogP contribution >= 0.6 is 0 Å². The molecule has 2 rings (SSSR count). The van der Waals surface area contributed by atoms with Crippen molar-refractivity contribution in [1.82, 2.24) is 15.3 Å². The third kappa shape index (κ3) is 3.75. The minimum Gasteiger partial charge on any atom is -0.383 e. The Kier molecular flexibility index (Phi) is 4.81. The van der Waals surface area contributed by atoms with Crippen molar-refractivity contribution >= 4 is 11.7 Å². The molecule has 0 fully saturated rings. The third-order valence-corrected chi connectivity index (χ3v) is 2.96. The van der Waals surface area contributed by atoms with Gasteiger partial charge < -0.3 is 11.1 Å². The first-order chi connectivity index (χ1) is 10.1. The number of anilines is 1. The maximum atomic E-state index is 13.2. The van der Waals surface area contributed by atoms with E-state index in [9.17, 15) is 9.18 Å². The molecular formula is C15H17FN4O. The topological polar surface area (TPSA) is 80.9 Å². The number of carbonyl (C=O) groups is 1. The van der Waals surface area contributed by atoms with Crippen LogP contribution in [0.5, 0.6) is 0 Å². The highest BCUT2D eigenvalue weighted by molar-refractivity contribution is 5.98. The van der Waals surface area contributed by atoms with Crippen LogP contribution in [0.25, 0.3) is 11.4 Å². The Morgan fingerprint density at radius 2 is 2.24 bits per heavy atom. The maximum absolute atomic E-state index is 13.2. The first-order valence-electron chi connectivity index (χ1n) is 6.78. The van der Waals surface area contributed by atoms with Crippen LogP contribution < -0.4 is 11.1 Å². The average molecular weight is 288 g/mol. The van der Waals surface area contributed by atoms with Crippen molar-refractivity contribution in [1.29, 1.82) is 0 Å². The van der Waals surface area contributed by atoms with Gasteiger partial charge in [-0.3, -0.25) is 4.79 Å². The maximum Gasteiger partial charge on any atom is 0.256 e. The molecule has 6 heteroatoms. The van der Waals surface area contributed by atoms with Gasteiger partial charge in [-0.1, -0.05) is 25.5 Å². The van der Waals surface area contributed by atoms with E-state index in [1.807, 2.05) is 6.92 Å². The summed E-state index contributed by atoms with van der Waals surface area (Å²) < 4.78 is 13.2. The summed E-state index contributed by atoms with van der Waals surface area (Å²) in [6.07, 6.45) is 3.25. The van der Waals surface area contributed by atoms with Gasteiger partial charge in [0.25, 0.3) is 5.91 Å². The molecule has 0 aliphatic heterocycles. The standard InChI is InChI=1S/C15H17FN4O/c1-2-3-7-18-15(21)12-9-19-14(20-13(12)17)10-5-4-6-11(16)8-10/h4-6,8-9H,2-3,7H2,1H3,(H,18,21)(H2,17,19,20). The van der Waals surface area contributed by atoms with E-state index in [0.29, 0.717) is 12.1 Å². The molecule has 0 radical (unpaired) electrons. The molecule has 2 aromatic rings. The molecule has 110 valence electrons. The number of hydrogen-bond acceptors (Lipinski definition) is 4.